The van der Waals surface area contributed by atoms with Crippen LogP contribution < -0.4 is 4.72 Å². The zero-order valence-electron chi connectivity index (χ0n) is 12.0. The summed E-state index contributed by atoms with van der Waals surface area (Å²) in [6, 6.07) is 2.80. The monoisotopic (exact) mass is 351 g/mol. The van der Waals surface area contributed by atoms with Crippen LogP contribution in [0, 0.1) is 11.3 Å². The Hall–Kier alpha value is -0.330. The molecule has 0 heterocycles. The Bertz CT molecular complexity index is 640. The molecule has 21 heavy (non-hydrogen) atoms. The second-order valence-electron chi connectivity index (χ2n) is 5.84. The summed E-state index contributed by atoms with van der Waals surface area (Å²) in [7, 11) is -3.72. The van der Waals surface area contributed by atoms with Gasteiger partial charge in [-0.2, -0.15) is 0 Å². The molecule has 1 fully saturated rings. The third kappa shape index (κ3) is 3.37. The topological polar surface area (TPSA) is 66.4 Å². The molecule has 2 rings (SSSR count). The first-order valence-electron chi connectivity index (χ1n) is 6.81. The predicted molar refractivity (Wildman–Crippen MR) is 84.1 cm³/mol. The molecule has 0 atom stereocenters. The number of aliphatic hydroxyl groups is 1. The zero-order valence-corrected chi connectivity index (χ0v) is 14.3. The van der Waals surface area contributed by atoms with Gasteiger partial charge < -0.3 is 5.11 Å². The fourth-order valence-electron chi connectivity index (χ4n) is 2.36. The first-order chi connectivity index (χ1) is 9.73. The highest BCUT2D eigenvalue weighted by Gasteiger charge is 2.45. The van der Waals surface area contributed by atoms with E-state index in [1.807, 2.05) is 0 Å². The zero-order chi connectivity index (χ0) is 15.8. The molecule has 0 radical (unpaired) electrons. The van der Waals surface area contributed by atoms with Crippen molar-refractivity contribution in [2.45, 2.75) is 38.2 Å². The van der Waals surface area contributed by atoms with Crippen LogP contribution in [0.3, 0.4) is 0 Å². The summed E-state index contributed by atoms with van der Waals surface area (Å²) in [4.78, 5) is -0.0443. The highest BCUT2D eigenvalue weighted by Crippen LogP contribution is 2.51. The fourth-order valence-corrected chi connectivity index (χ4v) is 4.40. The van der Waals surface area contributed by atoms with E-state index < -0.39 is 16.6 Å². The molecule has 118 valence electrons. The Morgan fingerprint density at radius 1 is 1.33 bits per heavy atom. The van der Waals surface area contributed by atoms with Gasteiger partial charge in [-0.25, -0.2) is 13.1 Å². The van der Waals surface area contributed by atoms with Crippen LogP contribution in [0.2, 0.25) is 10.0 Å². The van der Waals surface area contributed by atoms with Crippen molar-refractivity contribution in [3.8, 4) is 0 Å². The van der Waals surface area contributed by atoms with E-state index in [4.69, 9.17) is 23.2 Å². The van der Waals surface area contributed by atoms with Gasteiger partial charge >= 0.3 is 0 Å². The molecule has 4 nitrogen and oxygen atoms in total. The number of hydrogen-bond acceptors (Lipinski definition) is 3. The van der Waals surface area contributed by atoms with E-state index in [2.05, 4.69) is 18.6 Å². The van der Waals surface area contributed by atoms with Gasteiger partial charge in [0.05, 0.1) is 11.6 Å². The summed E-state index contributed by atoms with van der Waals surface area (Å²) >= 11 is 12.0. The first kappa shape index (κ1) is 17.0. The summed E-state index contributed by atoms with van der Waals surface area (Å²) < 4.78 is 27.5. The Balaban J connectivity index is 2.25. The van der Waals surface area contributed by atoms with Crippen molar-refractivity contribution in [2.75, 3.05) is 6.54 Å². The van der Waals surface area contributed by atoms with Crippen molar-refractivity contribution >= 4 is 33.2 Å². The van der Waals surface area contributed by atoms with Crippen molar-refractivity contribution in [3.63, 3.8) is 0 Å². The first-order valence-corrected chi connectivity index (χ1v) is 9.05. The van der Waals surface area contributed by atoms with Gasteiger partial charge in [-0.15, -0.1) is 0 Å². The molecule has 1 saturated carbocycles. The van der Waals surface area contributed by atoms with Crippen molar-refractivity contribution < 1.29 is 13.5 Å². The number of sulfonamides is 1. The minimum absolute atomic E-state index is 0.0214. The van der Waals surface area contributed by atoms with Gasteiger partial charge in [0, 0.05) is 17.1 Å². The standard InChI is InChI=1S/C14H19Cl2NO3S/c1-9(2)14(5-6-14)8-17-21(19,20)12-4-3-11(15)10(7-18)13(12)16/h3-4,9,17-18H,5-8H2,1-2H3. The summed E-state index contributed by atoms with van der Waals surface area (Å²) in [5, 5.41) is 9.48. The molecule has 7 heteroatoms. The predicted octanol–water partition coefficient (Wildman–Crippen LogP) is 3.20. The smallest absolute Gasteiger partial charge is 0.242 e. The van der Waals surface area contributed by atoms with Crippen LogP contribution in [0.4, 0.5) is 0 Å². The van der Waals surface area contributed by atoms with Crippen molar-refractivity contribution in [1.82, 2.24) is 4.72 Å². The maximum Gasteiger partial charge on any atom is 0.242 e. The van der Waals surface area contributed by atoms with Gasteiger partial charge in [0.2, 0.25) is 10.0 Å². The number of nitrogens with one attached hydrogen (secondary N) is 1. The van der Waals surface area contributed by atoms with E-state index in [0.29, 0.717) is 12.5 Å². The Labute approximate surface area is 135 Å². The van der Waals surface area contributed by atoms with Gasteiger partial charge in [0.15, 0.2) is 0 Å². The average molecular weight is 352 g/mol. The van der Waals surface area contributed by atoms with Crippen LogP contribution in [0.15, 0.2) is 17.0 Å². The highest BCUT2D eigenvalue weighted by molar-refractivity contribution is 7.89. The molecule has 0 bridgehead atoms. The highest BCUT2D eigenvalue weighted by atomic mass is 35.5. The lowest BCUT2D eigenvalue weighted by atomic mass is 9.93. The molecular formula is C14H19Cl2NO3S. The Morgan fingerprint density at radius 2 is 1.95 bits per heavy atom. The van der Waals surface area contributed by atoms with Crippen LogP contribution in [-0.2, 0) is 16.6 Å². The summed E-state index contributed by atoms with van der Waals surface area (Å²) in [6.45, 7) is 4.19. The quantitative estimate of drug-likeness (QED) is 0.826. The SMILES string of the molecule is CC(C)C1(CNS(=O)(=O)c2ccc(Cl)c(CO)c2Cl)CC1. The number of benzene rings is 1. The van der Waals surface area contributed by atoms with Crippen LogP contribution in [-0.4, -0.2) is 20.1 Å². The maximum atomic E-state index is 12.4. The van der Waals surface area contributed by atoms with E-state index in [1.165, 1.54) is 12.1 Å². The van der Waals surface area contributed by atoms with E-state index in [9.17, 15) is 13.5 Å². The molecule has 0 unspecified atom stereocenters. The second-order valence-corrected chi connectivity index (χ2v) is 8.36. The molecule has 1 aliphatic rings. The van der Waals surface area contributed by atoms with Gasteiger partial charge in [-0.1, -0.05) is 37.0 Å². The lowest BCUT2D eigenvalue weighted by Gasteiger charge is -2.20. The second kappa shape index (κ2) is 6.05. The molecule has 1 aliphatic carbocycles. The lowest BCUT2D eigenvalue weighted by Crippen LogP contribution is -2.32. The van der Waals surface area contributed by atoms with Gasteiger partial charge in [-0.3, -0.25) is 0 Å². The van der Waals surface area contributed by atoms with Crippen LogP contribution in [0.5, 0.6) is 0 Å². The van der Waals surface area contributed by atoms with E-state index in [1.54, 1.807) is 0 Å². The van der Waals surface area contributed by atoms with Crippen LogP contribution in [0.1, 0.15) is 32.3 Å². The molecule has 0 spiro atoms. The van der Waals surface area contributed by atoms with Crippen molar-refractivity contribution in [1.29, 1.82) is 0 Å². The normalized spacial score (nSPS) is 17.2. The molecule has 0 aromatic heterocycles. The molecule has 2 N–H and O–H groups in total. The number of hydrogen-bond donors (Lipinski definition) is 2. The number of rotatable bonds is 6. The van der Waals surface area contributed by atoms with Gasteiger partial charge in [0.1, 0.15) is 4.90 Å². The van der Waals surface area contributed by atoms with E-state index in [-0.39, 0.29) is 25.9 Å². The molecule has 1 aromatic rings. The average Bonchev–Trinajstić information content (AvgIpc) is 3.18. The van der Waals surface area contributed by atoms with Gasteiger partial charge in [-0.05, 0) is 36.3 Å². The van der Waals surface area contributed by atoms with Gasteiger partial charge in [0.25, 0.3) is 0 Å². The molecule has 0 saturated heterocycles. The van der Waals surface area contributed by atoms with Crippen molar-refractivity contribution in [3.05, 3.63) is 27.7 Å². The molecule has 1 aromatic carbocycles. The molecule has 0 amide bonds. The third-order valence-corrected chi connectivity index (χ3v) is 6.67. The maximum absolute atomic E-state index is 12.4. The van der Waals surface area contributed by atoms with E-state index >= 15 is 0 Å². The summed E-state index contributed by atoms with van der Waals surface area (Å²) in [5.74, 6) is 0.425. The number of aliphatic hydroxyl groups excluding tert-OH is 1. The van der Waals surface area contributed by atoms with Crippen LogP contribution in [0.25, 0.3) is 0 Å². The molecule has 0 aliphatic heterocycles. The summed E-state index contributed by atoms with van der Waals surface area (Å²) in [5.41, 5.74) is 0.289. The Kier molecular flexibility index (Phi) is 4.90. The summed E-state index contributed by atoms with van der Waals surface area (Å²) in [6.07, 6.45) is 2.06. The fraction of sp³-hybridized carbons (Fsp3) is 0.571. The minimum atomic E-state index is -3.72. The van der Waals surface area contributed by atoms with Crippen LogP contribution >= 0.6 is 23.2 Å². The van der Waals surface area contributed by atoms with Crippen molar-refractivity contribution in [2.24, 2.45) is 11.3 Å². The van der Waals surface area contributed by atoms with E-state index in [0.717, 1.165) is 12.8 Å². The Morgan fingerprint density at radius 3 is 2.43 bits per heavy atom. The minimum Gasteiger partial charge on any atom is -0.392 e. The third-order valence-electron chi connectivity index (χ3n) is 4.33. The largest absolute Gasteiger partial charge is 0.392 e. The molecular weight excluding hydrogens is 333 g/mol. The number of halogens is 2. The lowest BCUT2D eigenvalue weighted by molar-refractivity contribution is 0.281.